The highest BCUT2D eigenvalue weighted by molar-refractivity contribution is 6.33. The molecular weight excluding hydrogens is 561 g/mol. The maximum Gasteiger partial charge on any atom is 0.355 e. The fourth-order valence-corrected chi connectivity index (χ4v) is 5.67. The molecule has 0 bridgehead atoms. The van der Waals surface area contributed by atoms with Crippen LogP contribution < -0.4 is 10.6 Å². The summed E-state index contributed by atoms with van der Waals surface area (Å²) in [5.41, 5.74) is 0.190. The first-order valence-corrected chi connectivity index (χ1v) is 13.8. The monoisotopic (exact) mass is 589 g/mol. The van der Waals surface area contributed by atoms with E-state index in [4.69, 9.17) is 16.6 Å². The zero-order valence-corrected chi connectivity index (χ0v) is 24.1. The second-order valence-corrected chi connectivity index (χ2v) is 10.9. The van der Waals surface area contributed by atoms with Crippen LogP contribution in [0.3, 0.4) is 0 Å². The number of halogens is 2. The van der Waals surface area contributed by atoms with Crippen molar-refractivity contribution < 1.29 is 19.1 Å². The van der Waals surface area contributed by atoms with Gasteiger partial charge in [-0.1, -0.05) is 56.3 Å². The Morgan fingerprint density at radius 1 is 1.14 bits per heavy atom. The second-order valence-electron chi connectivity index (χ2n) is 10.5. The average Bonchev–Trinajstić information content (AvgIpc) is 2.96. The molecule has 1 N–H and O–H groups in total. The first-order chi connectivity index (χ1) is 20.0. The number of nitrogens with zero attached hydrogens (tertiary/aromatic N) is 5. The third-order valence-corrected chi connectivity index (χ3v) is 7.75. The molecule has 0 radical (unpaired) electrons. The van der Waals surface area contributed by atoms with Crippen molar-refractivity contribution in [3.05, 3.63) is 93.6 Å². The Balaban J connectivity index is 1.85. The number of carbonyl (C=O) groups excluding carboxylic acids is 1. The molecule has 42 heavy (non-hydrogen) atoms. The average molecular weight is 590 g/mol. The number of carbonyl (C=O) groups is 2. The Hall–Kier alpha value is -4.57. The molecule has 1 saturated heterocycles. The molecular formula is C31H29ClFN5O4. The van der Waals surface area contributed by atoms with Crippen molar-refractivity contribution in [2.75, 3.05) is 24.5 Å². The molecule has 1 fully saturated rings. The summed E-state index contributed by atoms with van der Waals surface area (Å²) in [5, 5.41) is 10.6. The summed E-state index contributed by atoms with van der Waals surface area (Å²) in [6.45, 7) is 10.3. The van der Waals surface area contributed by atoms with Crippen LogP contribution in [0.15, 0.2) is 66.0 Å². The number of aromatic carboxylic acids is 1. The highest BCUT2D eigenvalue weighted by Gasteiger charge is 2.31. The standard InChI is InChI=1S/C31H29ClFN5O4/c1-5-25(39)36-13-14-37(18(4)16-36)28-22-15-23(32)26(20-9-6-7-12-24(20)33)34-29(22)38(31(42)35-28)27-19(17(2)3)10-8-11-21(27)30(40)41/h5-12,15,17-18H,1,13-14,16H2,2-4H3,(H,40,41)/t18-/m0/s1. The molecule has 4 aromatic rings. The van der Waals surface area contributed by atoms with E-state index in [0.717, 1.165) is 0 Å². The van der Waals surface area contributed by atoms with Gasteiger partial charge >= 0.3 is 11.7 Å². The van der Waals surface area contributed by atoms with Gasteiger partial charge in [-0.25, -0.2) is 23.5 Å². The fraction of sp³-hybridized carbons (Fsp3) is 0.258. The Bertz CT molecular complexity index is 1800. The van der Waals surface area contributed by atoms with Crippen molar-refractivity contribution in [3.63, 3.8) is 0 Å². The summed E-state index contributed by atoms with van der Waals surface area (Å²) in [6, 6.07) is 12.1. The summed E-state index contributed by atoms with van der Waals surface area (Å²) < 4.78 is 16.1. The molecule has 0 unspecified atom stereocenters. The number of para-hydroxylation sites is 1. The van der Waals surface area contributed by atoms with Crippen molar-refractivity contribution in [2.45, 2.75) is 32.7 Å². The van der Waals surface area contributed by atoms with Crippen molar-refractivity contribution in [3.8, 4) is 16.9 Å². The Morgan fingerprint density at radius 3 is 2.52 bits per heavy atom. The minimum atomic E-state index is -1.23. The Morgan fingerprint density at radius 2 is 1.88 bits per heavy atom. The number of amides is 1. The van der Waals surface area contributed by atoms with E-state index in [2.05, 4.69) is 11.6 Å². The van der Waals surface area contributed by atoms with Crippen LogP contribution in [0.5, 0.6) is 0 Å². The van der Waals surface area contributed by atoms with Gasteiger partial charge in [-0.05, 0) is 48.7 Å². The van der Waals surface area contributed by atoms with Gasteiger partial charge in [0.15, 0.2) is 5.65 Å². The van der Waals surface area contributed by atoms with Crippen LogP contribution in [0.1, 0.15) is 42.6 Å². The topological polar surface area (TPSA) is 109 Å². The zero-order valence-electron chi connectivity index (χ0n) is 23.3. The van der Waals surface area contributed by atoms with Gasteiger partial charge in [0.1, 0.15) is 11.6 Å². The van der Waals surface area contributed by atoms with Crippen LogP contribution in [0, 0.1) is 5.82 Å². The number of benzene rings is 2. The molecule has 1 aliphatic heterocycles. The third kappa shape index (κ3) is 5.02. The Labute approximate surface area is 246 Å². The summed E-state index contributed by atoms with van der Waals surface area (Å²) in [7, 11) is 0. The SMILES string of the molecule is C=CC(=O)N1CCN(c2nc(=O)n(-c3c(C(=O)O)cccc3C(C)C)c3nc(-c4ccccc4F)c(Cl)cc23)[C@@H](C)C1. The molecule has 1 atom stereocenters. The predicted molar refractivity (Wildman–Crippen MR) is 160 cm³/mol. The van der Waals surface area contributed by atoms with Crippen LogP contribution in [0.25, 0.3) is 28.0 Å². The maximum absolute atomic E-state index is 14.9. The molecule has 5 rings (SSSR count). The minimum absolute atomic E-state index is 0.0834. The maximum atomic E-state index is 14.9. The largest absolute Gasteiger partial charge is 0.478 e. The quantitative estimate of drug-likeness (QED) is 0.305. The molecule has 11 heteroatoms. The van der Waals surface area contributed by atoms with E-state index in [1.165, 1.54) is 28.8 Å². The second kappa shape index (κ2) is 11.4. The van der Waals surface area contributed by atoms with Crippen molar-refractivity contribution in [1.82, 2.24) is 19.4 Å². The van der Waals surface area contributed by atoms with E-state index in [9.17, 15) is 23.9 Å². The van der Waals surface area contributed by atoms with E-state index < -0.39 is 17.5 Å². The highest BCUT2D eigenvalue weighted by Crippen LogP contribution is 2.36. The minimum Gasteiger partial charge on any atom is -0.478 e. The molecule has 0 aliphatic carbocycles. The number of anilines is 1. The normalized spacial score (nSPS) is 15.3. The lowest BCUT2D eigenvalue weighted by molar-refractivity contribution is -0.126. The number of hydrogen-bond acceptors (Lipinski definition) is 6. The first kappa shape index (κ1) is 28.9. The smallest absolute Gasteiger partial charge is 0.355 e. The third-order valence-electron chi connectivity index (χ3n) is 7.46. The number of pyridine rings is 1. The summed E-state index contributed by atoms with van der Waals surface area (Å²) in [6.07, 6.45) is 1.26. The summed E-state index contributed by atoms with van der Waals surface area (Å²) in [4.78, 5) is 51.4. The molecule has 1 aliphatic rings. The molecule has 2 aromatic heterocycles. The van der Waals surface area contributed by atoms with E-state index in [1.807, 2.05) is 25.7 Å². The van der Waals surface area contributed by atoms with E-state index in [1.54, 1.807) is 35.2 Å². The van der Waals surface area contributed by atoms with Crippen LogP contribution in [0.4, 0.5) is 10.2 Å². The lowest BCUT2D eigenvalue weighted by atomic mass is 9.97. The number of piperazine rings is 1. The molecule has 1 amide bonds. The molecule has 2 aromatic carbocycles. The van der Waals surface area contributed by atoms with Crippen LogP contribution >= 0.6 is 11.6 Å². The fourth-order valence-electron chi connectivity index (χ4n) is 5.42. The van der Waals surface area contributed by atoms with Gasteiger partial charge in [-0.15, -0.1) is 0 Å². The van der Waals surface area contributed by atoms with Crippen LogP contribution in [-0.2, 0) is 4.79 Å². The number of carboxylic acid groups (broad SMARTS) is 1. The number of fused-ring (bicyclic) bond motifs is 1. The lowest BCUT2D eigenvalue weighted by Gasteiger charge is -2.40. The van der Waals surface area contributed by atoms with Crippen molar-refractivity contribution in [1.29, 1.82) is 0 Å². The van der Waals surface area contributed by atoms with Gasteiger partial charge in [-0.2, -0.15) is 4.98 Å². The summed E-state index contributed by atoms with van der Waals surface area (Å²) in [5.74, 6) is -1.84. The first-order valence-electron chi connectivity index (χ1n) is 13.5. The molecule has 0 spiro atoms. The van der Waals surface area contributed by atoms with Gasteiger partial charge in [0.05, 0.1) is 27.4 Å². The highest BCUT2D eigenvalue weighted by atomic mass is 35.5. The van der Waals surface area contributed by atoms with Gasteiger partial charge in [0, 0.05) is 31.2 Å². The number of aromatic nitrogens is 3. The van der Waals surface area contributed by atoms with Crippen molar-refractivity contribution in [2.24, 2.45) is 0 Å². The molecule has 3 heterocycles. The van der Waals surface area contributed by atoms with E-state index in [-0.39, 0.29) is 56.9 Å². The van der Waals surface area contributed by atoms with Crippen LogP contribution in [0.2, 0.25) is 5.02 Å². The molecule has 0 saturated carbocycles. The van der Waals surface area contributed by atoms with E-state index >= 15 is 0 Å². The van der Waals surface area contributed by atoms with Gasteiger partial charge in [-0.3, -0.25) is 4.79 Å². The molecule has 216 valence electrons. The summed E-state index contributed by atoms with van der Waals surface area (Å²) >= 11 is 6.72. The zero-order chi connectivity index (χ0) is 30.3. The Kier molecular flexibility index (Phi) is 7.83. The number of rotatable bonds is 6. The number of hydrogen-bond donors (Lipinski definition) is 1. The van der Waals surface area contributed by atoms with Gasteiger partial charge in [0.25, 0.3) is 0 Å². The predicted octanol–water partition coefficient (Wildman–Crippen LogP) is 5.28. The van der Waals surface area contributed by atoms with Gasteiger partial charge in [0.2, 0.25) is 5.91 Å². The lowest BCUT2D eigenvalue weighted by Crippen LogP contribution is -2.54. The molecule has 9 nitrogen and oxygen atoms in total. The van der Waals surface area contributed by atoms with Crippen LogP contribution in [-0.4, -0.2) is 62.1 Å². The van der Waals surface area contributed by atoms with E-state index in [0.29, 0.717) is 30.6 Å². The van der Waals surface area contributed by atoms with Gasteiger partial charge < -0.3 is 14.9 Å². The van der Waals surface area contributed by atoms with Crippen molar-refractivity contribution >= 4 is 40.3 Å². The number of carboxylic acids is 1.